The second-order valence-electron chi connectivity index (χ2n) is 7.52. The van der Waals surface area contributed by atoms with Crippen LogP contribution in [0.5, 0.6) is 0 Å². The van der Waals surface area contributed by atoms with E-state index in [9.17, 15) is 9.59 Å². The van der Waals surface area contributed by atoms with Crippen LogP contribution in [0.15, 0.2) is 35.9 Å². The molecule has 0 unspecified atom stereocenters. The second-order valence-corrected chi connectivity index (χ2v) is 9.04. The Bertz CT molecular complexity index is 911. The van der Waals surface area contributed by atoms with Gasteiger partial charge in [0, 0.05) is 47.9 Å². The van der Waals surface area contributed by atoms with Crippen molar-refractivity contribution in [1.82, 2.24) is 9.88 Å². The zero-order valence-corrected chi connectivity index (χ0v) is 17.8. The lowest BCUT2D eigenvalue weighted by atomic mass is 9.97. The van der Waals surface area contributed by atoms with E-state index in [1.165, 1.54) is 29.8 Å². The van der Waals surface area contributed by atoms with Gasteiger partial charge < -0.3 is 10.2 Å². The molecule has 2 aromatic rings. The van der Waals surface area contributed by atoms with Crippen molar-refractivity contribution in [1.29, 1.82) is 0 Å². The normalized spacial score (nSPS) is 16.6. The van der Waals surface area contributed by atoms with Gasteiger partial charge in [-0.15, -0.1) is 11.3 Å². The number of nitrogens with zero attached hydrogens (tertiary/aromatic N) is 2. The molecular formula is C22H24ClN3O2S. The summed E-state index contributed by atoms with van der Waals surface area (Å²) in [5.74, 6) is 0.0107. The van der Waals surface area contributed by atoms with Gasteiger partial charge in [0.1, 0.15) is 0 Å². The number of hydrogen-bond donors (Lipinski definition) is 1. The molecule has 2 aliphatic rings. The van der Waals surface area contributed by atoms with Crippen molar-refractivity contribution in [2.45, 2.75) is 44.9 Å². The Labute approximate surface area is 179 Å². The fraction of sp³-hybridized carbons (Fsp3) is 0.409. The monoisotopic (exact) mass is 429 g/mol. The maximum absolute atomic E-state index is 12.7. The molecule has 0 saturated heterocycles. The highest BCUT2D eigenvalue weighted by Gasteiger charge is 2.24. The number of benzene rings is 1. The van der Waals surface area contributed by atoms with Gasteiger partial charge in [-0.1, -0.05) is 23.3 Å². The maximum atomic E-state index is 12.7. The minimum absolute atomic E-state index is 0.206. The van der Waals surface area contributed by atoms with Crippen molar-refractivity contribution < 1.29 is 9.59 Å². The summed E-state index contributed by atoms with van der Waals surface area (Å²) >= 11 is 7.31. The molecule has 0 spiro atoms. The minimum atomic E-state index is -0.206. The van der Waals surface area contributed by atoms with Gasteiger partial charge >= 0.3 is 0 Å². The topological polar surface area (TPSA) is 62.3 Å². The number of aromatic nitrogens is 1. The molecular weight excluding hydrogens is 406 g/mol. The third-order valence-corrected chi connectivity index (χ3v) is 6.83. The summed E-state index contributed by atoms with van der Waals surface area (Å²) in [5, 5.41) is 3.96. The quantitative estimate of drug-likeness (QED) is 0.705. The summed E-state index contributed by atoms with van der Waals surface area (Å²) < 4.78 is 0. The number of fused-ring (bicyclic) bond motifs is 1. The zero-order valence-electron chi connectivity index (χ0n) is 16.2. The van der Waals surface area contributed by atoms with Crippen molar-refractivity contribution in [2.24, 2.45) is 0 Å². The first-order valence-electron chi connectivity index (χ1n) is 10.1. The molecule has 2 amide bonds. The van der Waals surface area contributed by atoms with Crippen molar-refractivity contribution in [3.8, 4) is 0 Å². The van der Waals surface area contributed by atoms with Crippen LogP contribution in [0.1, 0.15) is 52.5 Å². The molecule has 1 aliphatic heterocycles. The lowest BCUT2D eigenvalue weighted by molar-refractivity contribution is -0.130. The lowest BCUT2D eigenvalue weighted by Crippen LogP contribution is -2.33. The summed E-state index contributed by atoms with van der Waals surface area (Å²) in [6.45, 7) is 1.36. The van der Waals surface area contributed by atoms with E-state index in [4.69, 9.17) is 11.6 Å². The highest BCUT2D eigenvalue weighted by atomic mass is 35.5. The van der Waals surface area contributed by atoms with Crippen LogP contribution in [-0.2, 0) is 17.6 Å². The predicted octanol–water partition coefficient (Wildman–Crippen LogP) is 4.87. The largest absolute Gasteiger partial charge is 0.342 e. The summed E-state index contributed by atoms with van der Waals surface area (Å²) in [5.41, 5.74) is 2.93. The summed E-state index contributed by atoms with van der Waals surface area (Å²) in [6.07, 6.45) is 8.84. The Hall–Kier alpha value is -2.18. The van der Waals surface area contributed by atoms with Gasteiger partial charge in [-0.2, -0.15) is 0 Å². The SMILES string of the molecule is O=C(Nc1ccc(Cl)cc1)c1nc2c(s1)CCN(C(=O)CC1=CCCCC1)CC2. The van der Waals surface area contributed by atoms with Crippen molar-refractivity contribution in [3.05, 3.63) is 56.5 Å². The highest BCUT2D eigenvalue weighted by Crippen LogP contribution is 2.26. The van der Waals surface area contributed by atoms with E-state index < -0.39 is 0 Å². The van der Waals surface area contributed by atoms with E-state index in [1.54, 1.807) is 24.3 Å². The molecule has 1 aromatic heterocycles. The van der Waals surface area contributed by atoms with Crippen molar-refractivity contribution in [3.63, 3.8) is 0 Å². The number of thiazole rings is 1. The van der Waals surface area contributed by atoms with Crippen molar-refractivity contribution in [2.75, 3.05) is 18.4 Å². The smallest absolute Gasteiger partial charge is 0.284 e. The molecule has 0 saturated carbocycles. The number of allylic oxidation sites excluding steroid dienone is 1. The van der Waals surface area contributed by atoms with Gasteiger partial charge in [-0.25, -0.2) is 4.98 Å². The van der Waals surface area contributed by atoms with E-state index >= 15 is 0 Å². The number of halogens is 1. The molecule has 1 aliphatic carbocycles. The van der Waals surface area contributed by atoms with Crippen molar-refractivity contribution >= 4 is 40.4 Å². The van der Waals surface area contributed by atoms with Gasteiger partial charge in [-0.05, 0) is 49.9 Å². The molecule has 1 aromatic carbocycles. The first-order chi connectivity index (χ1) is 14.1. The summed E-state index contributed by atoms with van der Waals surface area (Å²) in [7, 11) is 0. The van der Waals surface area contributed by atoms with E-state index in [1.807, 2.05) is 4.90 Å². The summed E-state index contributed by atoms with van der Waals surface area (Å²) in [6, 6.07) is 7.01. The maximum Gasteiger partial charge on any atom is 0.284 e. The number of nitrogens with one attached hydrogen (secondary N) is 1. The molecule has 4 rings (SSSR count). The van der Waals surface area contributed by atoms with Crippen LogP contribution < -0.4 is 5.32 Å². The minimum Gasteiger partial charge on any atom is -0.342 e. The number of hydrogen-bond acceptors (Lipinski definition) is 4. The highest BCUT2D eigenvalue weighted by molar-refractivity contribution is 7.13. The fourth-order valence-electron chi connectivity index (χ4n) is 3.80. The van der Waals surface area contributed by atoms with Crippen LogP contribution >= 0.6 is 22.9 Å². The number of rotatable bonds is 4. The average Bonchev–Trinajstić information content (AvgIpc) is 3.03. The molecule has 0 atom stereocenters. The molecule has 152 valence electrons. The third kappa shape index (κ3) is 5.06. The number of amides is 2. The van der Waals surface area contributed by atoms with E-state index in [0.29, 0.717) is 41.6 Å². The number of carbonyl (C=O) groups is 2. The van der Waals surface area contributed by atoms with Gasteiger partial charge in [0.15, 0.2) is 5.01 Å². The van der Waals surface area contributed by atoms with Gasteiger partial charge in [0.05, 0.1) is 5.69 Å². The fourth-order valence-corrected chi connectivity index (χ4v) is 4.92. The second kappa shape index (κ2) is 9.09. The van der Waals surface area contributed by atoms with E-state index in [-0.39, 0.29) is 11.8 Å². The molecule has 7 heteroatoms. The van der Waals surface area contributed by atoms with E-state index in [2.05, 4.69) is 16.4 Å². The van der Waals surface area contributed by atoms with Crippen LogP contribution in [0.3, 0.4) is 0 Å². The first-order valence-corrected chi connectivity index (χ1v) is 11.3. The third-order valence-electron chi connectivity index (χ3n) is 5.42. The standard InChI is InChI=1S/C22H24ClN3O2S/c23-16-6-8-17(9-7-16)24-21(28)22-25-18-10-12-26(13-11-19(18)29-22)20(27)14-15-4-2-1-3-5-15/h4,6-9H,1-3,5,10-14H2,(H,24,28). The Morgan fingerprint density at radius 1 is 1.10 bits per heavy atom. The number of anilines is 1. The Balaban J connectivity index is 1.36. The molecule has 0 radical (unpaired) electrons. The van der Waals surface area contributed by atoms with Gasteiger partial charge in [-0.3, -0.25) is 9.59 Å². The van der Waals surface area contributed by atoms with Gasteiger partial charge in [0.25, 0.3) is 5.91 Å². The van der Waals surface area contributed by atoms with Crippen LogP contribution in [0.25, 0.3) is 0 Å². The van der Waals surface area contributed by atoms with E-state index in [0.717, 1.165) is 29.8 Å². The molecule has 2 heterocycles. The molecule has 0 fully saturated rings. The Kier molecular flexibility index (Phi) is 6.31. The Morgan fingerprint density at radius 3 is 2.66 bits per heavy atom. The molecule has 29 heavy (non-hydrogen) atoms. The zero-order chi connectivity index (χ0) is 20.2. The summed E-state index contributed by atoms with van der Waals surface area (Å²) in [4.78, 5) is 32.8. The lowest BCUT2D eigenvalue weighted by Gasteiger charge is -2.22. The Morgan fingerprint density at radius 2 is 1.90 bits per heavy atom. The van der Waals surface area contributed by atoms with Crippen LogP contribution in [-0.4, -0.2) is 34.8 Å². The van der Waals surface area contributed by atoms with Gasteiger partial charge in [0.2, 0.25) is 5.91 Å². The predicted molar refractivity (Wildman–Crippen MR) is 117 cm³/mol. The molecule has 5 nitrogen and oxygen atoms in total. The molecule has 1 N–H and O–H groups in total. The molecule has 0 bridgehead atoms. The van der Waals surface area contributed by atoms with Crippen LogP contribution in [0, 0.1) is 0 Å². The first kappa shape index (κ1) is 20.1. The van der Waals surface area contributed by atoms with Crippen LogP contribution in [0.4, 0.5) is 5.69 Å². The van der Waals surface area contributed by atoms with Crippen LogP contribution in [0.2, 0.25) is 5.02 Å². The number of carbonyl (C=O) groups excluding carboxylic acids is 2. The average molecular weight is 430 g/mol.